The second-order valence-electron chi connectivity index (χ2n) is 5.25. The molecule has 140 valence electrons. The number of nitrogens with one attached hydrogen (secondary N) is 2. The lowest BCUT2D eigenvalue weighted by molar-refractivity contribution is -0.155. The Balaban J connectivity index is 2.68. The van der Waals surface area contributed by atoms with Crippen LogP contribution < -0.4 is 10.6 Å². The molecule has 0 aromatic heterocycles. The van der Waals surface area contributed by atoms with E-state index in [4.69, 9.17) is 9.47 Å². The fourth-order valence-electron chi connectivity index (χ4n) is 1.84. The number of hydrogen-bond acceptors (Lipinski definition) is 6. The van der Waals surface area contributed by atoms with Crippen LogP contribution in [-0.2, 0) is 28.7 Å². The number of hydrogen-bond donors (Lipinski definition) is 2. The zero-order valence-corrected chi connectivity index (χ0v) is 14.7. The van der Waals surface area contributed by atoms with Crippen molar-refractivity contribution in [3.8, 4) is 0 Å². The molecule has 1 aromatic carbocycles. The Kier molecular flexibility index (Phi) is 8.56. The number of amides is 2. The van der Waals surface area contributed by atoms with Gasteiger partial charge in [-0.1, -0.05) is 24.8 Å². The van der Waals surface area contributed by atoms with E-state index in [-0.39, 0.29) is 25.3 Å². The van der Waals surface area contributed by atoms with Gasteiger partial charge in [0.15, 0.2) is 0 Å². The van der Waals surface area contributed by atoms with E-state index in [9.17, 15) is 19.2 Å². The Hall–Kier alpha value is -3.16. The fourth-order valence-corrected chi connectivity index (χ4v) is 1.84. The van der Waals surface area contributed by atoms with E-state index in [2.05, 4.69) is 17.2 Å². The summed E-state index contributed by atoms with van der Waals surface area (Å²) in [4.78, 5) is 47.8. The van der Waals surface area contributed by atoms with Crippen LogP contribution in [0.4, 0.5) is 5.69 Å². The van der Waals surface area contributed by atoms with Crippen LogP contribution in [0, 0.1) is 5.92 Å². The number of para-hydroxylation sites is 1. The third kappa shape index (κ3) is 6.76. The molecule has 0 radical (unpaired) electrons. The quantitative estimate of drug-likeness (QED) is 0.294. The van der Waals surface area contributed by atoms with Gasteiger partial charge in [0.25, 0.3) is 0 Å². The van der Waals surface area contributed by atoms with Gasteiger partial charge in [-0.15, -0.1) is 0 Å². The van der Waals surface area contributed by atoms with Crippen LogP contribution in [0.5, 0.6) is 0 Å². The van der Waals surface area contributed by atoms with Crippen LogP contribution in [0.2, 0.25) is 0 Å². The molecule has 2 N–H and O–H groups in total. The summed E-state index contributed by atoms with van der Waals surface area (Å²) in [6, 6.07) is 8.40. The molecule has 1 rings (SSSR count). The van der Waals surface area contributed by atoms with Gasteiger partial charge in [0.1, 0.15) is 6.61 Å². The normalized spacial score (nSPS) is 11.0. The molecule has 1 unspecified atom stereocenters. The van der Waals surface area contributed by atoms with Crippen molar-refractivity contribution in [1.82, 2.24) is 5.32 Å². The van der Waals surface area contributed by atoms with Crippen LogP contribution in [0.25, 0.3) is 0 Å². The lowest BCUT2D eigenvalue weighted by atomic mass is 10.1. The monoisotopic (exact) mass is 362 g/mol. The highest BCUT2D eigenvalue weighted by molar-refractivity contribution is 6.19. The summed E-state index contributed by atoms with van der Waals surface area (Å²) in [5.41, 5.74) is 0.665. The van der Waals surface area contributed by atoms with E-state index in [0.717, 1.165) is 0 Å². The van der Waals surface area contributed by atoms with Crippen LogP contribution in [0.1, 0.15) is 13.8 Å². The molecule has 2 amide bonds. The van der Waals surface area contributed by atoms with E-state index < -0.39 is 29.7 Å². The number of esters is 2. The van der Waals surface area contributed by atoms with Crippen molar-refractivity contribution in [3.63, 3.8) is 0 Å². The average Bonchev–Trinajstić information content (AvgIpc) is 2.59. The highest BCUT2D eigenvalue weighted by Gasteiger charge is 2.35. The molecule has 0 spiro atoms. The molecule has 1 aromatic rings. The van der Waals surface area contributed by atoms with Gasteiger partial charge < -0.3 is 20.1 Å². The molecule has 0 aliphatic rings. The molecular formula is C18H22N2O6. The average molecular weight is 362 g/mol. The molecule has 8 nitrogen and oxygen atoms in total. The molecule has 1 atom stereocenters. The third-order valence-electron chi connectivity index (χ3n) is 3.07. The molecule has 0 heterocycles. The highest BCUT2D eigenvalue weighted by Crippen LogP contribution is 2.10. The van der Waals surface area contributed by atoms with Crippen molar-refractivity contribution >= 4 is 29.4 Å². The number of ether oxygens (including phenoxy) is 2. The van der Waals surface area contributed by atoms with Crippen molar-refractivity contribution in [2.45, 2.75) is 13.8 Å². The number of benzene rings is 1. The van der Waals surface area contributed by atoms with Gasteiger partial charge in [0.05, 0.1) is 13.2 Å². The van der Waals surface area contributed by atoms with Gasteiger partial charge in [-0.05, 0) is 26.0 Å². The van der Waals surface area contributed by atoms with E-state index >= 15 is 0 Å². The number of rotatable bonds is 9. The van der Waals surface area contributed by atoms with Crippen molar-refractivity contribution in [3.05, 3.63) is 42.5 Å². The summed E-state index contributed by atoms with van der Waals surface area (Å²) < 4.78 is 9.63. The number of carbonyl (C=O) groups excluding carboxylic acids is 4. The molecule has 0 saturated carbocycles. The van der Waals surface area contributed by atoms with Gasteiger partial charge in [-0.2, -0.15) is 0 Å². The molecule has 0 aliphatic carbocycles. The van der Waals surface area contributed by atoms with Crippen LogP contribution in [0.15, 0.2) is 42.5 Å². The number of anilines is 1. The predicted molar refractivity (Wildman–Crippen MR) is 94.0 cm³/mol. The first-order valence-corrected chi connectivity index (χ1v) is 7.99. The predicted octanol–water partition coefficient (Wildman–Crippen LogP) is 1.04. The zero-order valence-electron chi connectivity index (χ0n) is 14.7. The standard InChI is InChI=1S/C18H22N2O6/c1-4-25-18(24)14(16(22)20-13-8-6-5-7-9-13)15(21)19-10-11-26-17(23)12(2)3/h5-9,14H,2,4,10-11H2,1,3H3,(H,19,21)(H,20,22). The second kappa shape index (κ2) is 10.7. The second-order valence-corrected chi connectivity index (χ2v) is 5.25. The Morgan fingerprint density at radius 3 is 2.31 bits per heavy atom. The summed E-state index contributed by atoms with van der Waals surface area (Å²) in [6.45, 7) is 6.33. The van der Waals surface area contributed by atoms with Crippen LogP contribution >= 0.6 is 0 Å². The molecule has 26 heavy (non-hydrogen) atoms. The fraction of sp³-hybridized carbons (Fsp3) is 0.333. The minimum Gasteiger partial charge on any atom is -0.465 e. The lowest BCUT2D eigenvalue weighted by Crippen LogP contribution is -2.44. The Bertz CT molecular complexity index is 672. The summed E-state index contributed by atoms with van der Waals surface area (Å²) in [7, 11) is 0. The zero-order chi connectivity index (χ0) is 19.5. The summed E-state index contributed by atoms with van der Waals surface area (Å²) in [5, 5.41) is 4.86. The smallest absolute Gasteiger partial charge is 0.333 e. The SMILES string of the molecule is C=C(C)C(=O)OCCNC(=O)C(C(=O)Nc1ccccc1)C(=O)OCC. The highest BCUT2D eigenvalue weighted by atomic mass is 16.5. The molecule has 8 heteroatoms. The lowest BCUT2D eigenvalue weighted by Gasteiger charge is -2.15. The summed E-state index contributed by atoms with van der Waals surface area (Å²) >= 11 is 0. The molecule has 0 aliphatic heterocycles. The largest absolute Gasteiger partial charge is 0.465 e. The topological polar surface area (TPSA) is 111 Å². The van der Waals surface area contributed by atoms with E-state index in [1.165, 1.54) is 6.92 Å². The molecule has 0 fully saturated rings. The van der Waals surface area contributed by atoms with Gasteiger partial charge in [0.2, 0.25) is 17.7 Å². The Labute approximate surface area is 151 Å². The maximum atomic E-state index is 12.3. The first-order valence-electron chi connectivity index (χ1n) is 7.99. The van der Waals surface area contributed by atoms with Crippen molar-refractivity contribution in [2.75, 3.05) is 25.1 Å². The Morgan fingerprint density at radius 2 is 1.73 bits per heavy atom. The molecule has 0 bridgehead atoms. The van der Waals surface area contributed by atoms with Gasteiger partial charge in [0, 0.05) is 11.3 Å². The van der Waals surface area contributed by atoms with Crippen LogP contribution in [-0.4, -0.2) is 43.5 Å². The van der Waals surface area contributed by atoms with E-state index in [1.54, 1.807) is 37.3 Å². The first-order chi connectivity index (χ1) is 12.4. The first kappa shape index (κ1) is 20.9. The van der Waals surface area contributed by atoms with Crippen LogP contribution in [0.3, 0.4) is 0 Å². The molecular weight excluding hydrogens is 340 g/mol. The number of carbonyl (C=O) groups is 4. The van der Waals surface area contributed by atoms with Gasteiger partial charge >= 0.3 is 11.9 Å². The van der Waals surface area contributed by atoms with Crippen molar-refractivity contribution in [1.29, 1.82) is 0 Å². The van der Waals surface area contributed by atoms with Gasteiger partial charge in [-0.3, -0.25) is 14.4 Å². The maximum absolute atomic E-state index is 12.3. The minimum atomic E-state index is -1.67. The summed E-state index contributed by atoms with van der Waals surface area (Å²) in [6.07, 6.45) is 0. The van der Waals surface area contributed by atoms with E-state index in [0.29, 0.717) is 5.69 Å². The maximum Gasteiger partial charge on any atom is 0.333 e. The third-order valence-corrected chi connectivity index (χ3v) is 3.07. The van der Waals surface area contributed by atoms with E-state index in [1.807, 2.05) is 0 Å². The van der Waals surface area contributed by atoms with Gasteiger partial charge in [-0.25, -0.2) is 4.79 Å². The summed E-state index contributed by atoms with van der Waals surface area (Å²) in [5.74, 6) is -4.89. The van der Waals surface area contributed by atoms with Crippen molar-refractivity contribution in [2.24, 2.45) is 5.92 Å². The molecule has 0 saturated heterocycles. The minimum absolute atomic E-state index is 0.0253. The Morgan fingerprint density at radius 1 is 1.08 bits per heavy atom. The van der Waals surface area contributed by atoms with Crippen molar-refractivity contribution < 1.29 is 28.7 Å².